The highest BCUT2D eigenvalue weighted by atomic mass is 32.2. The maximum absolute atomic E-state index is 12.9. The predicted molar refractivity (Wildman–Crippen MR) is 129 cm³/mol. The molecule has 8 heteroatoms. The summed E-state index contributed by atoms with van der Waals surface area (Å²) in [5, 5.41) is 12.1. The van der Waals surface area contributed by atoms with Gasteiger partial charge < -0.3 is 10.2 Å². The van der Waals surface area contributed by atoms with Gasteiger partial charge in [0.25, 0.3) is 0 Å². The van der Waals surface area contributed by atoms with E-state index in [0.717, 1.165) is 22.6 Å². The summed E-state index contributed by atoms with van der Waals surface area (Å²) >= 11 is 1.37. The molecule has 162 valence electrons. The number of thioether (sulfide) groups is 1. The van der Waals surface area contributed by atoms with E-state index in [-0.39, 0.29) is 11.2 Å². The Balaban J connectivity index is 1.57. The van der Waals surface area contributed by atoms with Crippen LogP contribution in [0.4, 0.5) is 11.4 Å². The van der Waals surface area contributed by atoms with Crippen molar-refractivity contribution in [2.24, 2.45) is 0 Å². The number of amides is 1. The molecule has 1 atom stereocenters. The molecule has 4 aromatic rings. The fourth-order valence-electron chi connectivity index (χ4n) is 3.14. The van der Waals surface area contributed by atoms with Crippen molar-refractivity contribution in [3.05, 3.63) is 79.1 Å². The molecule has 1 amide bonds. The van der Waals surface area contributed by atoms with Crippen LogP contribution in [-0.4, -0.2) is 45.0 Å². The monoisotopic (exact) mass is 444 g/mol. The second-order valence-electron chi connectivity index (χ2n) is 7.40. The van der Waals surface area contributed by atoms with Crippen LogP contribution < -0.4 is 10.2 Å². The summed E-state index contributed by atoms with van der Waals surface area (Å²) in [6, 6.07) is 21.4. The van der Waals surface area contributed by atoms with Crippen molar-refractivity contribution in [1.82, 2.24) is 19.7 Å². The molecule has 1 unspecified atom stereocenters. The van der Waals surface area contributed by atoms with Crippen molar-refractivity contribution in [3.63, 3.8) is 0 Å². The lowest BCUT2D eigenvalue weighted by molar-refractivity contribution is -0.115. The Morgan fingerprint density at radius 3 is 2.31 bits per heavy atom. The molecule has 2 aromatic heterocycles. The predicted octanol–water partition coefficient (Wildman–Crippen LogP) is 4.51. The van der Waals surface area contributed by atoms with Gasteiger partial charge in [0, 0.05) is 49.1 Å². The number of hydrogen-bond acceptors (Lipinski definition) is 6. The molecule has 0 saturated carbocycles. The molecule has 2 aromatic carbocycles. The first kappa shape index (κ1) is 21.6. The van der Waals surface area contributed by atoms with Crippen LogP contribution in [0.1, 0.15) is 6.92 Å². The molecule has 0 aliphatic rings. The van der Waals surface area contributed by atoms with E-state index in [1.165, 1.54) is 11.8 Å². The summed E-state index contributed by atoms with van der Waals surface area (Å²) in [5.74, 6) is 0.605. The van der Waals surface area contributed by atoms with Gasteiger partial charge in [0.05, 0.1) is 5.25 Å². The lowest BCUT2D eigenvalue weighted by atomic mass is 10.2. The Hall–Kier alpha value is -3.65. The number of nitrogens with zero attached hydrogens (tertiary/aromatic N) is 5. The smallest absolute Gasteiger partial charge is 0.237 e. The molecule has 4 rings (SSSR count). The van der Waals surface area contributed by atoms with E-state index in [9.17, 15) is 4.79 Å². The molecule has 0 fully saturated rings. The zero-order valence-electron chi connectivity index (χ0n) is 18.1. The highest BCUT2D eigenvalue weighted by Crippen LogP contribution is 2.30. The third kappa shape index (κ3) is 4.81. The first-order chi connectivity index (χ1) is 15.5. The number of anilines is 2. The Kier molecular flexibility index (Phi) is 6.51. The first-order valence-corrected chi connectivity index (χ1v) is 11.1. The number of para-hydroxylation sites is 1. The van der Waals surface area contributed by atoms with Gasteiger partial charge in [-0.05, 0) is 55.5 Å². The number of pyridine rings is 1. The number of aromatic nitrogens is 4. The number of hydrogen-bond donors (Lipinski definition) is 1. The number of carbonyl (C=O) groups excluding carboxylic acids is 1. The molecule has 7 nitrogen and oxygen atoms in total. The maximum atomic E-state index is 12.9. The summed E-state index contributed by atoms with van der Waals surface area (Å²) < 4.78 is 1.97. The number of carbonyl (C=O) groups is 1. The van der Waals surface area contributed by atoms with Crippen LogP contribution in [0, 0.1) is 0 Å². The molecule has 0 saturated heterocycles. The van der Waals surface area contributed by atoms with Gasteiger partial charge in [0.15, 0.2) is 11.0 Å². The fourth-order valence-corrected chi connectivity index (χ4v) is 4.01. The summed E-state index contributed by atoms with van der Waals surface area (Å²) in [7, 11) is 3.96. The van der Waals surface area contributed by atoms with Gasteiger partial charge in [-0.2, -0.15) is 0 Å². The zero-order chi connectivity index (χ0) is 22.5. The fraction of sp³-hybridized carbons (Fsp3) is 0.167. The van der Waals surface area contributed by atoms with E-state index in [1.807, 2.05) is 97.2 Å². The summed E-state index contributed by atoms with van der Waals surface area (Å²) in [5.41, 5.74) is 3.67. The standard InChI is InChI=1S/C24H24N6OS/c1-17(23(31)26-19-9-11-20(12-10-19)29(2)3)32-24-28-27-22(18-13-15-25-16-14-18)30(24)21-7-5-4-6-8-21/h4-17H,1-3H3,(H,26,31). The third-order valence-corrected chi connectivity index (χ3v) is 5.93. The van der Waals surface area contributed by atoms with Gasteiger partial charge >= 0.3 is 0 Å². The first-order valence-electron chi connectivity index (χ1n) is 10.2. The van der Waals surface area contributed by atoms with Crippen LogP contribution in [0.3, 0.4) is 0 Å². The van der Waals surface area contributed by atoms with Crippen molar-refractivity contribution in [3.8, 4) is 17.1 Å². The van der Waals surface area contributed by atoms with Crippen LogP contribution in [0.5, 0.6) is 0 Å². The lowest BCUT2D eigenvalue weighted by Crippen LogP contribution is -2.23. The van der Waals surface area contributed by atoms with Crippen molar-refractivity contribution in [1.29, 1.82) is 0 Å². The largest absolute Gasteiger partial charge is 0.378 e. The Labute approximate surface area is 191 Å². The van der Waals surface area contributed by atoms with Gasteiger partial charge in [0.1, 0.15) is 0 Å². The van der Waals surface area contributed by atoms with Gasteiger partial charge in [-0.15, -0.1) is 10.2 Å². The maximum Gasteiger partial charge on any atom is 0.237 e. The summed E-state index contributed by atoms with van der Waals surface area (Å²) in [4.78, 5) is 19.0. The minimum absolute atomic E-state index is 0.0966. The molecule has 1 N–H and O–H groups in total. The van der Waals surface area contributed by atoms with Crippen molar-refractivity contribution < 1.29 is 4.79 Å². The molecule has 0 radical (unpaired) electrons. The molecular formula is C24H24N6OS. The third-order valence-electron chi connectivity index (χ3n) is 4.89. The second kappa shape index (κ2) is 9.65. The van der Waals surface area contributed by atoms with Gasteiger partial charge in [-0.25, -0.2) is 0 Å². The SMILES string of the molecule is CC(Sc1nnc(-c2ccncc2)n1-c1ccccc1)C(=O)Nc1ccc(N(C)C)cc1. The normalized spacial score (nSPS) is 11.7. The van der Waals surface area contributed by atoms with Crippen molar-refractivity contribution in [2.75, 3.05) is 24.3 Å². The van der Waals surface area contributed by atoms with Gasteiger partial charge in [-0.1, -0.05) is 30.0 Å². The van der Waals surface area contributed by atoms with Crippen LogP contribution >= 0.6 is 11.8 Å². The van der Waals surface area contributed by atoms with Crippen molar-refractivity contribution in [2.45, 2.75) is 17.3 Å². The van der Waals surface area contributed by atoms with Gasteiger partial charge in [0.2, 0.25) is 5.91 Å². The number of benzene rings is 2. The van der Waals surface area contributed by atoms with E-state index >= 15 is 0 Å². The van der Waals surface area contributed by atoms with E-state index < -0.39 is 0 Å². The van der Waals surface area contributed by atoms with E-state index in [4.69, 9.17) is 0 Å². The molecule has 32 heavy (non-hydrogen) atoms. The summed E-state index contributed by atoms with van der Waals surface area (Å²) in [6.45, 7) is 1.87. The molecule has 0 aliphatic carbocycles. The lowest BCUT2D eigenvalue weighted by Gasteiger charge is -2.15. The molecular weight excluding hydrogens is 420 g/mol. The van der Waals surface area contributed by atoms with E-state index in [1.54, 1.807) is 12.4 Å². The molecule has 2 heterocycles. The van der Waals surface area contributed by atoms with E-state index in [0.29, 0.717) is 11.0 Å². The topological polar surface area (TPSA) is 75.9 Å². The second-order valence-corrected chi connectivity index (χ2v) is 8.71. The van der Waals surface area contributed by atoms with Crippen LogP contribution in [-0.2, 0) is 4.79 Å². The Morgan fingerprint density at radius 1 is 0.969 bits per heavy atom. The minimum Gasteiger partial charge on any atom is -0.378 e. The Morgan fingerprint density at radius 2 is 1.66 bits per heavy atom. The zero-order valence-corrected chi connectivity index (χ0v) is 19.0. The van der Waals surface area contributed by atoms with Gasteiger partial charge in [-0.3, -0.25) is 14.3 Å². The highest BCUT2D eigenvalue weighted by molar-refractivity contribution is 8.00. The summed E-state index contributed by atoms with van der Waals surface area (Å²) in [6.07, 6.45) is 3.45. The van der Waals surface area contributed by atoms with Crippen molar-refractivity contribution >= 4 is 29.0 Å². The quantitative estimate of drug-likeness (QED) is 0.423. The molecule has 0 spiro atoms. The van der Waals surface area contributed by atoms with Crippen LogP contribution in [0.2, 0.25) is 0 Å². The molecule has 0 aliphatic heterocycles. The average molecular weight is 445 g/mol. The average Bonchev–Trinajstić information content (AvgIpc) is 3.24. The molecule has 0 bridgehead atoms. The van der Waals surface area contributed by atoms with E-state index in [2.05, 4.69) is 20.5 Å². The van der Waals surface area contributed by atoms with Crippen LogP contribution in [0.15, 0.2) is 84.3 Å². The minimum atomic E-state index is -0.375. The van der Waals surface area contributed by atoms with Crippen LogP contribution in [0.25, 0.3) is 17.1 Å². The number of nitrogens with one attached hydrogen (secondary N) is 1. The number of rotatable bonds is 7. The Bertz CT molecular complexity index is 1180. The highest BCUT2D eigenvalue weighted by Gasteiger charge is 2.22.